The Balaban J connectivity index is 2.31. The van der Waals surface area contributed by atoms with E-state index < -0.39 is 0 Å². The predicted octanol–water partition coefficient (Wildman–Crippen LogP) is 2.87. The molecule has 0 bridgehead atoms. The first kappa shape index (κ1) is 12.1. The van der Waals surface area contributed by atoms with Crippen molar-refractivity contribution in [1.29, 1.82) is 0 Å². The van der Waals surface area contributed by atoms with Gasteiger partial charge in [-0.3, -0.25) is 0 Å². The molecule has 0 atom stereocenters. The molecule has 1 aromatic carbocycles. The fraction of sp³-hybridized carbons (Fsp3) is 0.143. The van der Waals surface area contributed by atoms with E-state index in [9.17, 15) is 5.11 Å². The number of hydrogen-bond donors (Lipinski definition) is 1. The Hall–Kier alpha value is -1.91. The molecule has 19 heavy (non-hydrogen) atoms. The number of hydrogen-bond acceptors (Lipinski definition) is 3. The minimum atomic E-state index is -0.127. The summed E-state index contributed by atoms with van der Waals surface area (Å²) in [5.41, 5.74) is 3.11. The number of nitrogens with zero attached hydrogens (tertiary/aromatic N) is 3. The number of aliphatic hydroxyl groups excluding tert-OH is 1. The lowest BCUT2D eigenvalue weighted by Crippen LogP contribution is -1.98. The predicted molar refractivity (Wildman–Crippen MR) is 74.5 cm³/mol. The van der Waals surface area contributed by atoms with Crippen LogP contribution in [-0.4, -0.2) is 19.9 Å². The summed E-state index contributed by atoms with van der Waals surface area (Å²) in [5.74, 6) is 0. The molecular weight excluding hydrogens is 262 g/mol. The Labute approximate surface area is 115 Å². The van der Waals surface area contributed by atoms with Crippen molar-refractivity contribution in [2.75, 3.05) is 0 Å². The lowest BCUT2D eigenvalue weighted by Gasteiger charge is -2.04. The van der Waals surface area contributed by atoms with Gasteiger partial charge < -0.3 is 5.11 Å². The van der Waals surface area contributed by atoms with Crippen molar-refractivity contribution in [1.82, 2.24) is 14.8 Å². The monoisotopic (exact) mass is 273 g/mol. The first-order chi connectivity index (χ1) is 9.20. The summed E-state index contributed by atoms with van der Waals surface area (Å²) in [6.07, 6.45) is 0. The molecule has 0 saturated heterocycles. The van der Waals surface area contributed by atoms with Gasteiger partial charge in [0.15, 0.2) is 5.65 Å². The Morgan fingerprint density at radius 1 is 1.26 bits per heavy atom. The van der Waals surface area contributed by atoms with Crippen LogP contribution in [0.5, 0.6) is 0 Å². The fourth-order valence-electron chi connectivity index (χ4n) is 2.06. The number of rotatable bonds is 2. The lowest BCUT2D eigenvalue weighted by molar-refractivity contribution is 0.281. The molecule has 4 nitrogen and oxygen atoms in total. The average molecular weight is 274 g/mol. The van der Waals surface area contributed by atoms with Gasteiger partial charge in [0.25, 0.3) is 0 Å². The van der Waals surface area contributed by atoms with E-state index in [0.29, 0.717) is 16.4 Å². The van der Waals surface area contributed by atoms with Crippen LogP contribution in [0.1, 0.15) is 11.3 Å². The van der Waals surface area contributed by atoms with Gasteiger partial charge in [0, 0.05) is 10.9 Å². The highest BCUT2D eigenvalue weighted by atomic mass is 35.5. The van der Waals surface area contributed by atoms with Crippen molar-refractivity contribution in [2.24, 2.45) is 0 Å². The van der Waals surface area contributed by atoms with E-state index in [1.165, 1.54) is 0 Å². The smallest absolute Gasteiger partial charge is 0.164 e. The Bertz CT molecular complexity index is 737. The maximum absolute atomic E-state index is 9.24. The number of aryl methyl sites for hydroxylation is 1. The number of pyridine rings is 1. The molecule has 3 aromatic rings. The third-order valence-electron chi connectivity index (χ3n) is 3.04. The maximum Gasteiger partial charge on any atom is 0.164 e. The highest BCUT2D eigenvalue weighted by Gasteiger charge is 2.13. The van der Waals surface area contributed by atoms with Crippen molar-refractivity contribution >= 4 is 22.6 Å². The second kappa shape index (κ2) is 4.64. The molecule has 0 radical (unpaired) electrons. The van der Waals surface area contributed by atoms with Gasteiger partial charge in [-0.15, -0.1) is 0 Å². The number of fused-ring (bicyclic) bond motifs is 1. The molecule has 0 fully saturated rings. The minimum Gasteiger partial charge on any atom is -0.392 e. The quantitative estimate of drug-likeness (QED) is 0.731. The minimum absolute atomic E-state index is 0.127. The van der Waals surface area contributed by atoms with Crippen LogP contribution in [0.4, 0.5) is 0 Å². The second-order valence-electron chi connectivity index (χ2n) is 4.30. The maximum atomic E-state index is 9.24. The van der Waals surface area contributed by atoms with Crippen LogP contribution in [0.25, 0.3) is 16.7 Å². The summed E-state index contributed by atoms with van der Waals surface area (Å²) < 4.78 is 1.76. The van der Waals surface area contributed by atoms with Gasteiger partial charge in [-0.2, -0.15) is 5.10 Å². The fourth-order valence-corrected chi connectivity index (χ4v) is 2.26. The third-order valence-corrected chi connectivity index (χ3v) is 3.37. The molecular formula is C14H12ClN3O. The van der Waals surface area contributed by atoms with Gasteiger partial charge in [0.2, 0.25) is 0 Å². The molecule has 2 heterocycles. The van der Waals surface area contributed by atoms with E-state index in [-0.39, 0.29) is 6.61 Å². The molecule has 0 unspecified atom stereocenters. The van der Waals surface area contributed by atoms with Gasteiger partial charge in [-0.1, -0.05) is 29.8 Å². The van der Waals surface area contributed by atoms with Crippen molar-refractivity contribution < 1.29 is 5.11 Å². The molecule has 0 aliphatic carbocycles. The largest absolute Gasteiger partial charge is 0.392 e. The molecule has 0 amide bonds. The molecule has 1 N–H and O–H groups in total. The topological polar surface area (TPSA) is 50.9 Å². The van der Waals surface area contributed by atoms with Crippen molar-refractivity contribution in [3.63, 3.8) is 0 Å². The summed E-state index contributed by atoms with van der Waals surface area (Å²) in [4.78, 5) is 4.35. The second-order valence-corrected chi connectivity index (χ2v) is 4.66. The van der Waals surface area contributed by atoms with Crippen molar-refractivity contribution in [2.45, 2.75) is 13.5 Å². The van der Waals surface area contributed by atoms with E-state index in [2.05, 4.69) is 10.1 Å². The van der Waals surface area contributed by atoms with Crippen LogP contribution >= 0.6 is 11.6 Å². The summed E-state index contributed by atoms with van der Waals surface area (Å²) >= 11 is 6.06. The van der Waals surface area contributed by atoms with Gasteiger partial charge in [0.05, 0.1) is 18.0 Å². The van der Waals surface area contributed by atoms with Gasteiger partial charge in [-0.05, 0) is 25.1 Å². The van der Waals surface area contributed by atoms with Gasteiger partial charge in [-0.25, -0.2) is 9.67 Å². The molecule has 3 rings (SSSR count). The van der Waals surface area contributed by atoms with E-state index in [0.717, 1.165) is 16.8 Å². The first-order valence-corrected chi connectivity index (χ1v) is 6.29. The molecule has 0 saturated carbocycles. The molecule has 0 aliphatic heterocycles. The molecule has 0 spiro atoms. The van der Waals surface area contributed by atoms with Crippen LogP contribution in [0.15, 0.2) is 36.4 Å². The number of para-hydroxylation sites is 1. The lowest BCUT2D eigenvalue weighted by atomic mass is 10.2. The first-order valence-electron chi connectivity index (χ1n) is 5.91. The van der Waals surface area contributed by atoms with Crippen LogP contribution in [-0.2, 0) is 6.61 Å². The summed E-state index contributed by atoms with van der Waals surface area (Å²) in [5, 5.41) is 14.9. The van der Waals surface area contributed by atoms with E-state index in [4.69, 9.17) is 11.6 Å². The van der Waals surface area contributed by atoms with Gasteiger partial charge in [0.1, 0.15) is 5.15 Å². The standard InChI is InChI=1S/C14H12ClN3O/c1-9-12-7-10(8-19)13(15)16-14(12)18(17-9)11-5-3-2-4-6-11/h2-7,19H,8H2,1H3. The highest BCUT2D eigenvalue weighted by molar-refractivity contribution is 6.30. The molecule has 5 heteroatoms. The Morgan fingerprint density at radius 2 is 2.00 bits per heavy atom. The van der Waals surface area contributed by atoms with E-state index >= 15 is 0 Å². The van der Waals surface area contributed by atoms with E-state index in [1.54, 1.807) is 4.68 Å². The normalized spacial score (nSPS) is 11.1. The molecule has 96 valence electrons. The number of halogens is 1. The van der Waals surface area contributed by atoms with Crippen LogP contribution in [0.3, 0.4) is 0 Å². The van der Waals surface area contributed by atoms with Crippen LogP contribution in [0, 0.1) is 6.92 Å². The van der Waals surface area contributed by atoms with Crippen molar-refractivity contribution in [3.8, 4) is 5.69 Å². The number of aliphatic hydroxyl groups is 1. The summed E-state index contributed by atoms with van der Waals surface area (Å²) in [6, 6.07) is 11.6. The number of aromatic nitrogens is 3. The van der Waals surface area contributed by atoms with Gasteiger partial charge >= 0.3 is 0 Å². The van der Waals surface area contributed by atoms with E-state index in [1.807, 2.05) is 43.3 Å². The summed E-state index contributed by atoms with van der Waals surface area (Å²) in [6.45, 7) is 1.79. The van der Waals surface area contributed by atoms with Crippen LogP contribution in [0.2, 0.25) is 5.15 Å². The van der Waals surface area contributed by atoms with Crippen LogP contribution < -0.4 is 0 Å². The average Bonchev–Trinajstić information content (AvgIpc) is 2.75. The molecule has 2 aromatic heterocycles. The zero-order valence-corrected chi connectivity index (χ0v) is 11.1. The highest BCUT2D eigenvalue weighted by Crippen LogP contribution is 2.25. The Kier molecular flexibility index (Phi) is 2.97. The van der Waals surface area contributed by atoms with Crippen molar-refractivity contribution in [3.05, 3.63) is 52.8 Å². The Morgan fingerprint density at radius 3 is 2.68 bits per heavy atom. The SMILES string of the molecule is Cc1nn(-c2ccccc2)c2nc(Cl)c(CO)cc12. The summed E-state index contributed by atoms with van der Waals surface area (Å²) in [7, 11) is 0. The molecule has 0 aliphatic rings. The number of benzene rings is 1. The third kappa shape index (κ3) is 1.99. The zero-order valence-electron chi connectivity index (χ0n) is 10.3. The zero-order chi connectivity index (χ0) is 13.4.